The monoisotopic (exact) mass is 235 g/mol. The quantitative estimate of drug-likeness (QED) is 0.859. The number of carbonyl (C=O) groups excluding carboxylic acids is 1. The molecule has 0 saturated carbocycles. The van der Waals surface area contributed by atoms with E-state index in [9.17, 15) is 18.0 Å². The minimum absolute atomic E-state index is 0.230. The second-order valence-corrected chi connectivity index (χ2v) is 2.77. The van der Waals surface area contributed by atoms with Crippen molar-refractivity contribution in [2.45, 2.75) is 6.36 Å². The smallest absolute Gasteiger partial charge is 0.484 e. The highest BCUT2D eigenvalue weighted by Gasteiger charge is 2.30. The van der Waals surface area contributed by atoms with Crippen molar-refractivity contribution in [3.63, 3.8) is 0 Å². The highest BCUT2D eigenvalue weighted by atomic mass is 19.4. The molecular weight excluding hydrogens is 227 g/mol. The second-order valence-electron chi connectivity index (χ2n) is 2.77. The van der Waals surface area contributed by atoms with Crippen LogP contribution in [-0.2, 0) is 4.79 Å². The maximum atomic E-state index is 11.8. The maximum absolute atomic E-state index is 11.8. The van der Waals surface area contributed by atoms with E-state index in [-0.39, 0.29) is 18.1 Å². The molecule has 1 aromatic carbocycles. The number of carbonyl (C=O) groups is 1. The molecule has 2 N–H and O–H groups in total. The molecular formula is C9H8F3NO3. The van der Waals surface area contributed by atoms with Gasteiger partial charge in [0.15, 0.2) is 6.61 Å². The van der Waals surface area contributed by atoms with Crippen molar-refractivity contribution in [2.24, 2.45) is 5.73 Å². The second kappa shape index (κ2) is 4.73. The van der Waals surface area contributed by atoms with Crippen LogP contribution in [0.4, 0.5) is 13.2 Å². The number of amides is 1. The number of halogens is 3. The average Bonchev–Trinajstić information content (AvgIpc) is 2.14. The highest BCUT2D eigenvalue weighted by Crippen LogP contribution is 2.24. The van der Waals surface area contributed by atoms with Crippen molar-refractivity contribution >= 4 is 5.91 Å². The minimum Gasteiger partial charge on any atom is -0.484 e. The SMILES string of the molecule is NC(=O)COc1ccc(OC(F)(F)F)cc1. The lowest BCUT2D eigenvalue weighted by Crippen LogP contribution is -2.20. The van der Waals surface area contributed by atoms with E-state index in [2.05, 4.69) is 4.74 Å². The van der Waals surface area contributed by atoms with Gasteiger partial charge in [-0.3, -0.25) is 4.79 Å². The zero-order chi connectivity index (χ0) is 12.2. The summed E-state index contributed by atoms with van der Waals surface area (Å²) < 4.78 is 43.8. The lowest BCUT2D eigenvalue weighted by molar-refractivity contribution is -0.274. The number of alkyl halides is 3. The van der Waals surface area contributed by atoms with Crippen molar-refractivity contribution in [3.8, 4) is 11.5 Å². The van der Waals surface area contributed by atoms with Gasteiger partial charge in [-0.2, -0.15) is 0 Å². The van der Waals surface area contributed by atoms with Crippen LogP contribution < -0.4 is 15.2 Å². The van der Waals surface area contributed by atoms with Gasteiger partial charge in [0.25, 0.3) is 5.91 Å². The molecule has 0 heterocycles. The van der Waals surface area contributed by atoms with Crippen LogP contribution in [0.25, 0.3) is 0 Å². The summed E-state index contributed by atoms with van der Waals surface area (Å²) in [6.45, 7) is -0.334. The third kappa shape index (κ3) is 4.54. The van der Waals surface area contributed by atoms with Crippen molar-refractivity contribution in [2.75, 3.05) is 6.61 Å². The van der Waals surface area contributed by atoms with E-state index in [0.717, 1.165) is 12.1 Å². The predicted octanol–water partition coefficient (Wildman–Crippen LogP) is 1.45. The van der Waals surface area contributed by atoms with Crippen LogP contribution in [0.2, 0.25) is 0 Å². The van der Waals surface area contributed by atoms with E-state index < -0.39 is 12.3 Å². The van der Waals surface area contributed by atoms with Gasteiger partial charge in [-0.1, -0.05) is 0 Å². The van der Waals surface area contributed by atoms with Crippen LogP contribution >= 0.6 is 0 Å². The van der Waals surface area contributed by atoms with Gasteiger partial charge in [-0.05, 0) is 24.3 Å². The molecule has 0 aromatic heterocycles. The van der Waals surface area contributed by atoms with Gasteiger partial charge in [0.05, 0.1) is 0 Å². The summed E-state index contributed by atoms with van der Waals surface area (Å²) in [6.07, 6.45) is -4.73. The van der Waals surface area contributed by atoms with Crippen LogP contribution in [0.3, 0.4) is 0 Å². The number of hydrogen-bond acceptors (Lipinski definition) is 3. The average molecular weight is 235 g/mol. The molecule has 1 amide bonds. The first kappa shape index (κ1) is 12.2. The van der Waals surface area contributed by atoms with Crippen LogP contribution in [-0.4, -0.2) is 18.9 Å². The van der Waals surface area contributed by atoms with Gasteiger partial charge in [0.2, 0.25) is 0 Å². The Morgan fingerprint density at radius 3 is 2.12 bits per heavy atom. The maximum Gasteiger partial charge on any atom is 0.573 e. The Labute approximate surface area is 88.8 Å². The molecule has 0 fully saturated rings. The molecule has 0 atom stereocenters. The van der Waals surface area contributed by atoms with Gasteiger partial charge in [0, 0.05) is 0 Å². The normalized spacial score (nSPS) is 10.9. The first-order chi connectivity index (χ1) is 7.37. The van der Waals surface area contributed by atoms with E-state index in [4.69, 9.17) is 10.5 Å². The molecule has 0 unspecified atom stereocenters. The topological polar surface area (TPSA) is 61.6 Å². The zero-order valence-corrected chi connectivity index (χ0v) is 7.95. The third-order valence-electron chi connectivity index (χ3n) is 1.44. The highest BCUT2D eigenvalue weighted by molar-refractivity contribution is 5.75. The summed E-state index contributed by atoms with van der Waals surface area (Å²) >= 11 is 0. The number of primary amides is 1. The Balaban J connectivity index is 2.57. The fourth-order valence-corrected chi connectivity index (χ4v) is 0.892. The molecule has 1 rings (SSSR count). The van der Waals surface area contributed by atoms with E-state index >= 15 is 0 Å². The lowest BCUT2D eigenvalue weighted by atomic mass is 10.3. The number of nitrogens with two attached hydrogens (primary N) is 1. The summed E-state index contributed by atoms with van der Waals surface area (Å²) in [5.41, 5.74) is 4.82. The van der Waals surface area contributed by atoms with Crippen LogP contribution in [0.1, 0.15) is 0 Å². The van der Waals surface area contributed by atoms with Gasteiger partial charge in [0.1, 0.15) is 11.5 Å². The van der Waals surface area contributed by atoms with E-state index in [1.807, 2.05) is 0 Å². The summed E-state index contributed by atoms with van der Waals surface area (Å²) in [7, 11) is 0. The van der Waals surface area contributed by atoms with Crippen molar-refractivity contribution in [1.29, 1.82) is 0 Å². The van der Waals surface area contributed by atoms with Gasteiger partial charge < -0.3 is 15.2 Å². The Hall–Kier alpha value is -1.92. The molecule has 1 aromatic rings. The van der Waals surface area contributed by atoms with Crippen molar-refractivity contribution in [3.05, 3.63) is 24.3 Å². The summed E-state index contributed by atoms with van der Waals surface area (Å²) in [5, 5.41) is 0. The Bertz CT molecular complexity index is 361. The Kier molecular flexibility index (Phi) is 3.60. The third-order valence-corrected chi connectivity index (χ3v) is 1.44. The summed E-state index contributed by atoms with van der Waals surface area (Å²) in [6, 6.07) is 4.63. The molecule has 0 saturated heterocycles. The van der Waals surface area contributed by atoms with E-state index in [1.54, 1.807) is 0 Å². The summed E-state index contributed by atoms with van der Waals surface area (Å²) in [5.74, 6) is -0.803. The first-order valence-electron chi connectivity index (χ1n) is 4.14. The Morgan fingerprint density at radius 1 is 1.19 bits per heavy atom. The zero-order valence-electron chi connectivity index (χ0n) is 7.95. The molecule has 0 aliphatic rings. The standard InChI is InChI=1S/C9H8F3NO3/c10-9(11,12)16-7-3-1-6(2-4-7)15-5-8(13)14/h1-4H,5H2,(H2,13,14). The number of rotatable bonds is 4. The number of benzene rings is 1. The van der Waals surface area contributed by atoms with Gasteiger partial charge in [-0.25, -0.2) is 0 Å². The molecule has 88 valence electrons. The molecule has 7 heteroatoms. The van der Waals surface area contributed by atoms with E-state index in [1.165, 1.54) is 12.1 Å². The molecule has 4 nitrogen and oxygen atoms in total. The van der Waals surface area contributed by atoms with Crippen molar-refractivity contribution in [1.82, 2.24) is 0 Å². The lowest BCUT2D eigenvalue weighted by Gasteiger charge is -2.09. The Morgan fingerprint density at radius 2 is 1.69 bits per heavy atom. The number of hydrogen-bond donors (Lipinski definition) is 1. The fourth-order valence-electron chi connectivity index (χ4n) is 0.892. The fraction of sp³-hybridized carbons (Fsp3) is 0.222. The first-order valence-corrected chi connectivity index (χ1v) is 4.14. The predicted molar refractivity (Wildman–Crippen MR) is 47.8 cm³/mol. The molecule has 0 radical (unpaired) electrons. The molecule has 0 aliphatic carbocycles. The van der Waals surface area contributed by atoms with E-state index in [0.29, 0.717) is 0 Å². The van der Waals surface area contributed by atoms with Crippen molar-refractivity contribution < 1.29 is 27.4 Å². The van der Waals surface area contributed by atoms with Gasteiger partial charge >= 0.3 is 6.36 Å². The molecule has 0 spiro atoms. The number of ether oxygens (including phenoxy) is 2. The van der Waals surface area contributed by atoms with Crippen LogP contribution in [0.15, 0.2) is 24.3 Å². The van der Waals surface area contributed by atoms with Crippen LogP contribution in [0, 0.1) is 0 Å². The van der Waals surface area contributed by atoms with Gasteiger partial charge in [-0.15, -0.1) is 13.2 Å². The molecule has 16 heavy (non-hydrogen) atoms. The van der Waals surface area contributed by atoms with Crippen LogP contribution in [0.5, 0.6) is 11.5 Å². The summed E-state index contributed by atoms with van der Waals surface area (Å²) in [4.78, 5) is 10.4. The molecule has 0 bridgehead atoms. The minimum atomic E-state index is -4.73. The molecule has 0 aliphatic heterocycles. The largest absolute Gasteiger partial charge is 0.573 e.